The number of aliphatic hydroxyl groups excluding tert-OH is 1. The van der Waals surface area contributed by atoms with Gasteiger partial charge in [0.2, 0.25) is 0 Å². The first-order valence-corrected chi connectivity index (χ1v) is 5.07. The van der Waals surface area contributed by atoms with Crippen LogP contribution in [0.5, 0.6) is 0 Å². The lowest BCUT2D eigenvalue weighted by atomic mass is 10.2. The second-order valence-corrected chi connectivity index (χ2v) is 3.39. The maximum Gasteiger partial charge on any atom is 0.255 e. The molecule has 0 atom stereocenters. The Morgan fingerprint density at radius 3 is 2.94 bits per heavy atom. The van der Waals surface area contributed by atoms with Crippen LogP contribution in [0.4, 0.5) is 5.69 Å². The first kappa shape index (κ1) is 11.2. The van der Waals surface area contributed by atoms with Crippen LogP contribution in [0.15, 0.2) is 42.9 Å². The lowest BCUT2D eigenvalue weighted by Gasteiger charge is -2.05. The van der Waals surface area contributed by atoms with Crippen LogP contribution >= 0.6 is 0 Å². The summed E-state index contributed by atoms with van der Waals surface area (Å²) in [6, 6.07) is 6.62. The van der Waals surface area contributed by atoms with Gasteiger partial charge in [0, 0.05) is 18.0 Å². The highest BCUT2D eigenvalue weighted by atomic mass is 16.3. The number of carbonyl (C=O) groups excluding carboxylic acids is 1. The predicted molar refractivity (Wildman–Crippen MR) is 62.4 cm³/mol. The lowest BCUT2D eigenvalue weighted by Crippen LogP contribution is -2.12. The molecule has 2 N–H and O–H groups in total. The number of carbonyl (C=O) groups is 1. The number of nitrogens with one attached hydrogen (secondary N) is 1. The average molecular weight is 229 g/mol. The predicted octanol–water partition coefficient (Wildman–Crippen LogP) is 1.22. The van der Waals surface area contributed by atoms with Gasteiger partial charge in [-0.25, -0.2) is 0 Å². The summed E-state index contributed by atoms with van der Waals surface area (Å²) in [7, 11) is 0. The summed E-state index contributed by atoms with van der Waals surface area (Å²) in [4.78, 5) is 19.6. The van der Waals surface area contributed by atoms with E-state index in [9.17, 15) is 4.79 Å². The van der Waals surface area contributed by atoms with Crippen molar-refractivity contribution in [1.29, 1.82) is 0 Å². The van der Waals surface area contributed by atoms with Crippen LogP contribution in [0, 0.1) is 0 Å². The number of hydrogen-bond donors (Lipinski definition) is 2. The van der Waals surface area contributed by atoms with E-state index in [4.69, 9.17) is 5.11 Å². The Balaban J connectivity index is 2.14. The van der Waals surface area contributed by atoms with E-state index in [1.54, 1.807) is 36.7 Å². The molecule has 1 amide bonds. The van der Waals surface area contributed by atoms with Crippen molar-refractivity contribution < 1.29 is 9.90 Å². The summed E-state index contributed by atoms with van der Waals surface area (Å²) in [5.41, 5.74) is 1.54. The van der Waals surface area contributed by atoms with E-state index >= 15 is 0 Å². The van der Waals surface area contributed by atoms with E-state index < -0.39 is 0 Å². The molecular formula is C12H11N3O2. The van der Waals surface area contributed by atoms with Crippen LogP contribution in [0.1, 0.15) is 16.1 Å². The zero-order valence-corrected chi connectivity index (χ0v) is 9.00. The Hall–Kier alpha value is -2.27. The highest BCUT2D eigenvalue weighted by Gasteiger charge is 2.06. The van der Waals surface area contributed by atoms with Crippen molar-refractivity contribution in [2.24, 2.45) is 0 Å². The minimum Gasteiger partial charge on any atom is -0.390 e. The highest BCUT2D eigenvalue weighted by molar-refractivity contribution is 6.04. The molecule has 0 spiro atoms. The van der Waals surface area contributed by atoms with Gasteiger partial charge in [0.1, 0.15) is 0 Å². The summed E-state index contributed by atoms with van der Waals surface area (Å²) in [5, 5.41) is 11.6. The molecule has 0 saturated carbocycles. The molecule has 0 aliphatic heterocycles. The fraction of sp³-hybridized carbons (Fsp3) is 0.0833. The standard InChI is InChI=1S/C12H11N3O2/c16-8-11-6-9(3-5-14-11)12(17)15-10-2-1-4-13-7-10/h1-7,16H,8H2,(H,15,17). The molecule has 2 aromatic rings. The Labute approximate surface area is 98.2 Å². The molecule has 0 radical (unpaired) electrons. The number of amides is 1. The summed E-state index contributed by atoms with van der Waals surface area (Å²) in [6.07, 6.45) is 4.68. The summed E-state index contributed by atoms with van der Waals surface area (Å²) < 4.78 is 0. The van der Waals surface area contributed by atoms with E-state index in [2.05, 4.69) is 15.3 Å². The van der Waals surface area contributed by atoms with E-state index in [0.717, 1.165) is 0 Å². The normalized spacial score (nSPS) is 9.94. The minimum atomic E-state index is -0.255. The van der Waals surface area contributed by atoms with Crippen LogP contribution in [0.2, 0.25) is 0 Å². The maximum atomic E-state index is 11.8. The first-order chi connectivity index (χ1) is 8.29. The van der Waals surface area contributed by atoms with Gasteiger partial charge in [-0.2, -0.15) is 0 Å². The van der Waals surface area contributed by atoms with E-state index in [-0.39, 0.29) is 12.5 Å². The van der Waals surface area contributed by atoms with E-state index in [1.165, 1.54) is 6.20 Å². The number of aliphatic hydroxyl groups is 1. The van der Waals surface area contributed by atoms with Crippen molar-refractivity contribution in [3.8, 4) is 0 Å². The van der Waals surface area contributed by atoms with Crippen molar-refractivity contribution in [2.45, 2.75) is 6.61 Å². The minimum absolute atomic E-state index is 0.186. The molecule has 0 unspecified atom stereocenters. The Bertz CT molecular complexity index is 514. The summed E-state index contributed by atoms with van der Waals surface area (Å²) >= 11 is 0. The lowest BCUT2D eigenvalue weighted by molar-refractivity contribution is 0.102. The smallest absolute Gasteiger partial charge is 0.255 e. The molecular weight excluding hydrogens is 218 g/mol. The van der Waals surface area contributed by atoms with Crippen LogP contribution in [-0.4, -0.2) is 21.0 Å². The molecule has 5 nitrogen and oxygen atoms in total. The Morgan fingerprint density at radius 2 is 2.24 bits per heavy atom. The number of aromatic nitrogens is 2. The maximum absolute atomic E-state index is 11.8. The molecule has 0 fully saturated rings. The van der Waals surface area contributed by atoms with E-state index in [0.29, 0.717) is 16.9 Å². The molecule has 0 aliphatic rings. The number of anilines is 1. The number of rotatable bonds is 3. The fourth-order valence-electron chi connectivity index (χ4n) is 1.35. The number of hydrogen-bond acceptors (Lipinski definition) is 4. The second-order valence-electron chi connectivity index (χ2n) is 3.39. The largest absolute Gasteiger partial charge is 0.390 e. The monoisotopic (exact) mass is 229 g/mol. The van der Waals surface area contributed by atoms with Crippen LogP contribution in [0.3, 0.4) is 0 Å². The quantitative estimate of drug-likeness (QED) is 0.829. The topological polar surface area (TPSA) is 75.1 Å². The van der Waals surface area contributed by atoms with Gasteiger partial charge in [-0.3, -0.25) is 14.8 Å². The molecule has 2 rings (SSSR count). The Morgan fingerprint density at radius 1 is 1.35 bits per heavy atom. The number of pyridine rings is 2. The van der Waals surface area contributed by atoms with Crippen molar-refractivity contribution in [1.82, 2.24) is 9.97 Å². The molecule has 5 heteroatoms. The van der Waals surface area contributed by atoms with Gasteiger partial charge in [-0.15, -0.1) is 0 Å². The molecule has 0 bridgehead atoms. The molecule has 2 aromatic heterocycles. The first-order valence-electron chi connectivity index (χ1n) is 5.07. The van der Waals surface area contributed by atoms with Crippen LogP contribution in [-0.2, 0) is 6.61 Å². The van der Waals surface area contributed by atoms with Crippen molar-refractivity contribution in [2.75, 3.05) is 5.32 Å². The van der Waals surface area contributed by atoms with Gasteiger partial charge in [-0.05, 0) is 24.3 Å². The van der Waals surface area contributed by atoms with Crippen molar-refractivity contribution in [3.05, 3.63) is 54.1 Å². The van der Waals surface area contributed by atoms with Gasteiger partial charge in [0.15, 0.2) is 0 Å². The molecule has 0 saturated heterocycles. The van der Waals surface area contributed by atoms with Gasteiger partial charge in [0.25, 0.3) is 5.91 Å². The SMILES string of the molecule is O=C(Nc1cccnc1)c1ccnc(CO)c1. The molecule has 17 heavy (non-hydrogen) atoms. The van der Waals surface area contributed by atoms with Crippen molar-refractivity contribution >= 4 is 11.6 Å². The van der Waals surface area contributed by atoms with E-state index in [1.807, 2.05) is 0 Å². The summed E-state index contributed by atoms with van der Waals surface area (Å²) in [6.45, 7) is -0.186. The van der Waals surface area contributed by atoms with Gasteiger partial charge in [-0.1, -0.05) is 0 Å². The average Bonchev–Trinajstić information content (AvgIpc) is 2.40. The molecule has 0 aliphatic carbocycles. The molecule has 2 heterocycles. The zero-order valence-electron chi connectivity index (χ0n) is 9.00. The third-order valence-corrected chi connectivity index (χ3v) is 2.16. The summed E-state index contributed by atoms with van der Waals surface area (Å²) in [5.74, 6) is -0.255. The van der Waals surface area contributed by atoms with Crippen molar-refractivity contribution in [3.63, 3.8) is 0 Å². The fourth-order valence-corrected chi connectivity index (χ4v) is 1.35. The molecule has 0 aromatic carbocycles. The van der Waals surface area contributed by atoms with Crippen LogP contribution in [0.25, 0.3) is 0 Å². The van der Waals surface area contributed by atoms with Gasteiger partial charge >= 0.3 is 0 Å². The highest BCUT2D eigenvalue weighted by Crippen LogP contribution is 2.07. The third kappa shape index (κ3) is 2.85. The third-order valence-electron chi connectivity index (χ3n) is 2.16. The second kappa shape index (κ2) is 5.18. The zero-order chi connectivity index (χ0) is 12.1. The van der Waals surface area contributed by atoms with Gasteiger partial charge in [0.05, 0.1) is 24.2 Å². The molecule has 86 valence electrons. The van der Waals surface area contributed by atoms with Crippen LogP contribution < -0.4 is 5.32 Å². The Kier molecular flexibility index (Phi) is 3.42. The van der Waals surface area contributed by atoms with Gasteiger partial charge < -0.3 is 10.4 Å². The number of nitrogens with zero attached hydrogens (tertiary/aromatic N) is 2.